The molecule has 0 aliphatic heterocycles. The number of thiocarbonyl (C=S) groups is 1. The van der Waals surface area contributed by atoms with Gasteiger partial charge in [0.1, 0.15) is 5.75 Å². The number of phenols is 1. The highest BCUT2D eigenvalue weighted by Crippen LogP contribution is 2.34. The number of aromatic hydroxyl groups is 1. The zero-order chi connectivity index (χ0) is 17.7. The standard InChI is InChI=1S/C16H14Cl2N2O3S/c1-9-4-2-3-5-13(9)23-8-14(21)20-16(24)19-10-6-11(17)15(22)12(18)7-10/h2-7,22H,8H2,1H3,(H2,19,20,21,24). The van der Waals surface area contributed by atoms with Gasteiger partial charge in [-0.15, -0.1) is 0 Å². The van der Waals surface area contributed by atoms with Gasteiger partial charge in [-0.05, 0) is 42.9 Å². The minimum atomic E-state index is -0.410. The molecule has 3 N–H and O–H groups in total. The van der Waals surface area contributed by atoms with Crippen molar-refractivity contribution < 1.29 is 14.6 Å². The number of amides is 1. The highest BCUT2D eigenvalue weighted by atomic mass is 35.5. The molecule has 2 aromatic rings. The van der Waals surface area contributed by atoms with E-state index in [1.807, 2.05) is 25.1 Å². The van der Waals surface area contributed by atoms with E-state index in [2.05, 4.69) is 10.6 Å². The summed E-state index contributed by atoms with van der Waals surface area (Å²) in [6.07, 6.45) is 0. The van der Waals surface area contributed by atoms with Crippen molar-refractivity contribution in [2.24, 2.45) is 0 Å². The lowest BCUT2D eigenvalue weighted by atomic mass is 10.2. The quantitative estimate of drug-likeness (QED) is 0.550. The van der Waals surface area contributed by atoms with Gasteiger partial charge < -0.3 is 15.2 Å². The number of halogens is 2. The van der Waals surface area contributed by atoms with Crippen LogP contribution in [-0.4, -0.2) is 22.7 Å². The average molecular weight is 385 g/mol. The third-order valence-corrected chi connectivity index (χ3v) is 3.76. The summed E-state index contributed by atoms with van der Waals surface area (Å²) in [5.74, 6) is 0.000759. The Labute approximate surface area is 154 Å². The molecule has 0 radical (unpaired) electrons. The van der Waals surface area contributed by atoms with Crippen LogP contribution in [0.25, 0.3) is 0 Å². The monoisotopic (exact) mass is 384 g/mol. The first-order chi connectivity index (χ1) is 11.4. The topological polar surface area (TPSA) is 70.6 Å². The van der Waals surface area contributed by atoms with Crippen LogP contribution >= 0.6 is 35.4 Å². The molecule has 8 heteroatoms. The summed E-state index contributed by atoms with van der Waals surface area (Å²) in [5.41, 5.74) is 1.37. The molecule has 126 valence electrons. The molecule has 0 bridgehead atoms. The molecule has 0 aromatic heterocycles. The zero-order valence-corrected chi connectivity index (χ0v) is 14.9. The van der Waals surface area contributed by atoms with Gasteiger partial charge in [0.2, 0.25) is 0 Å². The molecule has 0 aliphatic rings. The Kier molecular flexibility index (Phi) is 6.25. The first-order valence-corrected chi connectivity index (χ1v) is 8.00. The van der Waals surface area contributed by atoms with Gasteiger partial charge in [-0.2, -0.15) is 0 Å². The Morgan fingerprint density at radius 2 is 1.88 bits per heavy atom. The van der Waals surface area contributed by atoms with Crippen molar-refractivity contribution in [2.75, 3.05) is 11.9 Å². The van der Waals surface area contributed by atoms with Gasteiger partial charge in [0.25, 0.3) is 5.91 Å². The van der Waals surface area contributed by atoms with Crippen LogP contribution in [0.15, 0.2) is 36.4 Å². The number of anilines is 1. The average Bonchev–Trinajstić information content (AvgIpc) is 2.51. The summed E-state index contributed by atoms with van der Waals surface area (Å²) in [4.78, 5) is 11.9. The molecule has 0 saturated carbocycles. The van der Waals surface area contributed by atoms with Crippen LogP contribution in [0.2, 0.25) is 10.0 Å². The van der Waals surface area contributed by atoms with Crippen molar-refractivity contribution in [3.05, 3.63) is 52.0 Å². The maximum Gasteiger partial charge on any atom is 0.264 e. The molecule has 0 atom stereocenters. The second-order valence-electron chi connectivity index (χ2n) is 4.84. The molecular formula is C16H14Cl2N2O3S. The molecule has 5 nitrogen and oxygen atoms in total. The summed E-state index contributed by atoms with van der Waals surface area (Å²) in [6, 6.07) is 10.2. The Bertz CT molecular complexity index is 761. The van der Waals surface area contributed by atoms with E-state index in [-0.39, 0.29) is 27.5 Å². The van der Waals surface area contributed by atoms with Crippen LogP contribution in [0.5, 0.6) is 11.5 Å². The lowest BCUT2D eigenvalue weighted by Crippen LogP contribution is -2.37. The highest BCUT2D eigenvalue weighted by molar-refractivity contribution is 7.80. The second-order valence-corrected chi connectivity index (χ2v) is 6.07. The van der Waals surface area contributed by atoms with E-state index in [0.717, 1.165) is 5.56 Å². The minimum Gasteiger partial charge on any atom is -0.505 e. The molecule has 0 spiro atoms. The Morgan fingerprint density at radius 1 is 1.25 bits per heavy atom. The van der Waals surface area contributed by atoms with Crippen molar-refractivity contribution >= 4 is 52.1 Å². The van der Waals surface area contributed by atoms with E-state index < -0.39 is 5.91 Å². The van der Waals surface area contributed by atoms with E-state index in [4.69, 9.17) is 40.2 Å². The third-order valence-electron chi connectivity index (χ3n) is 2.98. The van der Waals surface area contributed by atoms with Crippen LogP contribution in [0.1, 0.15) is 5.56 Å². The molecule has 1 amide bonds. The SMILES string of the molecule is Cc1ccccc1OCC(=O)NC(=S)Nc1cc(Cl)c(O)c(Cl)c1. The number of hydrogen-bond donors (Lipinski definition) is 3. The normalized spacial score (nSPS) is 10.1. The first-order valence-electron chi connectivity index (χ1n) is 6.84. The Balaban J connectivity index is 1.88. The number of para-hydroxylation sites is 1. The molecule has 2 aromatic carbocycles. The Morgan fingerprint density at radius 3 is 2.50 bits per heavy atom. The van der Waals surface area contributed by atoms with Crippen molar-refractivity contribution in [3.63, 3.8) is 0 Å². The molecule has 24 heavy (non-hydrogen) atoms. The largest absolute Gasteiger partial charge is 0.505 e. The summed E-state index contributed by atoms with van der Waals surface area (Å²) < 4.78 is 5.43. The predicted octanol–water partition coefficient (Wildman–Crippen LogP) is 3.90. The first kappa shape index (κ1) is 18.3. The van der Waals surface area contributed by atoms with E-state index in [1.165, 1.54) is 12.1 Å². The van der Waals surface area contributed by atoms with Gasteiger partial charge in [-0.3, -0.25) is 10.1 Å². The van der Waals surface area contributed by atoms with Crippen LogP contribution in [0, 0.1) is 6.92 Å². The van der Waals surface area contributed by atoms with Crippen LogP contribution in [0.3, 0.4) is 0 Å². The zero-order valence-electron chi connectivity index (χ0n) is 12.6. The molecule has 0 unspecified atom stereocenters. The predicted molar refractivity (Wildman–Crippen MR) is 99.2 cm³/mol. The number of hydrogen-bond acceptors (Lipinski definition) is 4. The van der Waals surface area contributed by atoms with Crippen molar-refractivity contribution in [1.29, 1.82) is 0 Å². The van der Waals surface area contributed by atoms with E-state index >= 15 is 0 Å². The molecule has 2 rings (SSSR count). The fourth-order valence-electron chi connectivity index (χ4n) is 1.82. The van der Waals surface area contributed by atoms with Gasteiger partial charge in [0.15, 0.2) is 17.5 Å². The van der Waals surface area contributed by atoms with Crippen molar-refractivity contribution in [3.8, 4) is 11.5 Å². The van der Waals surface area contributed by atoms with Gasteiger partial charge >= 0.3 is 0 Å². The summed E-state index contributed by atoms with van der Waals surface area (Å²) in [5, 5.41) is 14.9. The van der Waals surface area contributed by atoms with Crippen LogP contribution in [0.4, 0.5) is 5.69 Å². The number of ether oxygens (including phenoxy) is 1. The number of benzene rings is 2. The summed E-state index contributed by atoms with van der Waals surface area (Å²) in [6.45, 7) is 1.71. The third kappa shape index (κ3) is 4.99. The van der Waals surface area contributed by atoms with E-state index in [1.54, 1.807) is 6.07 Å². The Hall–Kier alpha value is -2.02. The van der Waals surface area contributed by atoms with Crippen molar-refractivity contribution in [2.45, 2.75) is 6.92 Å². The van der Waals surface area contributed by atoms with Crippen molar-refractivity contribution in [1.82, 2.24) is 5.32 Å². The molecule has 0 fully saturated rings. The molecular weight excluding hydrogens is 371 g/mol. The maximum absolute atomic E-state index is 11.9. The number of aryl methyl sites for hydroxylation is 1. The summed E-state index contributed by atoms with van der Waals surface area (Å²) in [7, 11) is 0. The lowest BCUT2D eigenvalue weighted by molar-refractivity contribution is -0.121. The fourth-order valence-corrected chi connectivity index (χ4v) is 2.54. The van der Waals surface area contributed by atoms with Gasteiger partial charge in [0, 0.05) is 5.69 Å². The number of carbonyl (C=O) groups is 1. The highest BCUT2D eigenvalue weighted by Gasteiger charge is 2.10. The maximum atomic E-state index is 11.9. The molecule has 0 aliphatic carbocycles. The number of nitrogens with one attached hydrogen (secondary N) is 2. The van der Waals surface area contributed by atoms with Gasteiger partial charge in [-0.25, -0.2) is 0 Å². The van der Waals surface area contributed by atoms with E-state index in [9.17, 15) is 9.90 Å². The lowest BCUT2D eigenvalue weighted by Gasteiger charge is -2.12. The smallest absolute Gasteiger partial charge is 0.264 e. The number of phenolic OH excluding ortho intramolecular Hbond substituents is 1. The van der Waals surface area contributed by atoms with Gasteiger partial charge in [-0.1, -0.05) is 41.4 Å². The van der Waals surface area contributed by atoms with Crippen LogP contribution < -0.4 is 15.4 Å². The number of rotatable bonds is 4. The number of carbonyl (C=O) groups excluding carboxylic acids is 1. The molecule has 0 saturated heterocycles. The van der Waals surface area contributed by atoms with Crippen LogP contribution in [-0.2, 0) is 4.79 Å². The molecule has 0 heterocycles. The minimum absolute atomic E-state index is 0.0613. The van der Waals surface area contributed by atoms with E-state index in [0.29, 0.717) is 11.4 Å². The second kappa shape index (κ2) is 8.19. The fraction of sp³-hybridized carbons (Fsp3) is 0.125. The summed E-state index contributed by atoms with van der Waals surface area (Å²) >= 11 is 16.7. The van der Waals surface area contributed by atoms with Gasteiger partial charge in [0.05, 0.1) is 10.0 Å².